The van der Waals surface area contributed by atoms with Crippen LogP contribution in [0.3, 0.4) is 0 Å². The first-order valence-corrected chi connectivity index (χ1v) is 12.2. The molecule has 0 aromatic heterocycles. The lowest BCUT2D eigenvalue weighted by Crippen LogP contribution is -2.29. The van der Waals surface area contributed by atoms with Crippen LogP contribution >= 0.6 is 0 Å². The SMILES string of the molecule is COc1cc(NC(=O)Nc2ccc(Oc3ccccc3)cc2)ccc1C(=O)NCCCN1CCCC1. The number of benzene rings is 3. The number of hydrogen-bond acceptors (Lipinski definition) is 5. The highest BCUT2D eigenvalue weighted by Crippen LogP contribution is 2.25. The van der Waals surface area contributed by atoms with Crippen LogP contribution in [0.15, 0.2) is 72.8 Å². The standard InChI is InChI=1S/C28H32N4O4/c1-35-26-20-22(12-15-25(26)27(33)29-16-7-19-32-17-5-6-18-32)31-28(34)30-21-10-13-24(14-11-21)36-23-8-3-2-4-9-23/h2-4,8-15,20H,5-7,16-19H2,1H3,(H,29,33)(H2,30,31,34). The molecular weight excluding hydrogens is 456 g/mol. The summed E-state index contributed by atoms with van der Waals surface area (Å²) < 4.78 is 11.2. The van der Waals surface area contributed by atoms with Crippen LogP contribution < -0.4 is 25.4 Å². The van der Waals surface area contributed by atoms with Crippen molar-refractivity contribution in [3.8, 4) is 17.2 Å². The summed E-state index contributed by atoms with van der Waals surface area (Å²) in [7, 11) is 1.50. The van der Waals surface area contributed by atoms with Crippen molar-refractivity contribution in [1.29, 1.82) is 0 Å². The summed E-state index contributed by atoms with van der Waals surface area (Å²) in [6.45, 7) is 3.91. The number of amides is 3. The normalized spacial score (nSPS) is 13.1. The fourth-order valence-electron chi connectivity index (χ4n) is 4.09. The number of nitrogens with zero attached hydrogens (tertiary/aromatic N) is 1. The minimum Gasteiger partial charge on any atom is -0.496 e. The van der Waals surface area contributed by atoms with Crippen LogP contribution in [0.25, 0.3) is 0 Å². The number of carbonyl (C=O) groups is 2. The van der Waals surface area contributed by atoms with E-state index in [1.807, 2.05) is 30.3 Å². The highest BCUT2D eigenvalue weighted by atomic mass is 16.5. The summed E-state index contributed by atoms with van der Waals surface area (Å²) in [4.78, 5) is 27.5. The average molecular weight is 489 g/mol. The molecule has 0 spiro atoms. The smallest absolute Gasteiger partial charge is 0.323 e. The first kappa shape index (κ1) is 25.1. The fourth-order valence-corrected chi connectivity index (χ4v) is 4.09. The molecule has 8 nitrogen and oxygen atoms in total. The lowest BCUT2D eigenvalue weighted by atomic mass is 10.1. The van der Waals surface area contributed by atoms with E-state index in [1.54, 1.807) is 42.5 Å². The molecule has 0 atom stereocenters. The molecule has 1 heterocycles. The second-order valence-corrected chi connectivity index (χ2v) is 8.59. The Hall–Kier alpha value is -4.04. The maximum absolute atomic E-state index is 12.6. The van der Waals surface area contributed by atoms with Crippen LogP contribution in [-0.4, -0.2) is 50.1 Å². The van der Waals surface area contributed by atoms with Crippen molar-refractivity contribution in [1.82, 2.24) is 10.2 Å². The Labute approximate surface area is 211 Å². The van der Waals surface area contributed by atoms with Crippen LogP contribution in [-0.2, 0) is 0 Å². The quantitative estimate of drug-likeness (QED) is 0.335. The minimum absolute atomic E-state index is 0.193. The van der Waals surface area contributed by atoms with Gasteiger partial charge in [0.05, 0.1) is 12.7 Å². The van der Waals surface area contributed by atoms with Gasteiger partial charge in [-0.1, -0.05) is 18.2 Å². The molecule has 3 N–H and O–H groups in total. The van der Waals surface area contributed by atoms with Crippen molar-refractivity contribution in [2.45, 2.75) is 19.3 Å². The summed E-state index contributed by atoms with van der Waals surface area (Å²) in [5, 5.41) is 8.51. The first-order valence-electron chi connectivity index (χ1n) is 12.2. The number of para-hydroxylation sites is 1. The molecule has 3 amide bonds. The van der Waals surface area contributed by atoms with Gasteiger partial charge >= 0.3 is 6.03 Å². The second-order valence-electron chi connectivity index (χ2n) is 8.59. The number of methoxy groups -OCH3 is 1. The molecule has 1 aliphatic rings. The van der Waals surface area contributed by atoms with Gasteiger partial charge in [-0.2, -0.15) is 0 Å². The molecule has 0 unspecified atom stereocenters. The third-order valence-corrected chi connectivity index (χ3v) is 5.93. The average Bonchev–Trinajstić information content (AvgIpc) is 3.42. The van der Waals surface area contributed by atoms with E-state index in [0.29, 0.717) is 35.0 Å². The Kier molecular flexibility index (Phi) is 8.77. The number of urea groups is 1. The van der Waals surface area contributed by atoms with Crippen molar-refractivity contribution in [2.24, 2.45) is 0 Å². The Morgan fingerprint density at radius 3 is 2.25 bits per heavy atom. The molecule has 0 aliphatic carbocycles. The number of carbonyl (C=O) groups excluding carboxylic acids is 2. The van der Waals surface area contributed by atoms with Gasteiger partial charge in [0, 0.05) is 24.0 Å². The number of ether oxygens (including phenoxy) is 2. The molecule has 1 fully saturated rings. The summed E-state index contributed by atoms with van der Waals surface area (Å²) >= 11 is 0. The maximum Gasteiger partial charge on any atom is 0.323 e. The van der Waals surface area contributed by atoms with E-state index in [0.717, 1.165) is 31.8 Å². The van der Waals surface area contributed by atoms with E-state index in [2.05, 4.69) is 20.9 Å². The molecule has 0 saturated carbocycles. The van der Waals surface area contributed by atoms with Crippen LogP contribution in [0.4, 0.5) is 16.2 Å². The van der Waals surface area contributed by atoms with Crippen molar-refractivity contribution in [2.75, 3.05) is 43.9 Å². The number of likely N-dealkylation sites (tertiary alicyclic amines) is 1. The minimum atomic E-state index is -0.409. The number of nitrogens with one attached hydrogen (secondary N) is 3. The highest BCUT2D eigenvalue weighted by Gasteiger charge is 2.15. The molecule has 1 aliphatic heterocycles. The summed E-state index contributed by atoms with van der Waals surface area (Å²) in [5.74, 6) is 1.61. The van der Waals surface area contributed by atoms with Gasteiger partial charge in [-0.05, 0) is 87.4 Å². The van der Waals surface area contributed by atoms with Crippen LogP contribution in [0.1, 0.15) is 29.6 Å². The van der Waals surface area contributed by atoms with Gasteiger partial charge in [0.1, 0.15) is 17.2 Å². The second kappa shape index (κ2) is 12.6. The first-order chi connectivity index (χ1) is 17.6. The van der Waals surface area contributed by atoms with Gasteiger partial charge in [-0.25, -0.2) is 4.79 Å². The van der Waals surface area contributed by atoms with Crippen molar-refractivity contribution in [3.05, 3.63) is 78.4 Å². The largest absolute Gasteiger partial charge is 0.496 e. The van der Waals surface area contributed by atoms with Crippen molar-refractivity contribution in [3.63, 3.8) is 0 Å². The van der Waals surface area contributed by atoms with Crippen LogP contribution in [0.2, 0.25) is 0 Å². The van der Waals surface area contributed by atoms with Gasteiger partial charge in [0.15, 0.2) is 0 Å². The Balaban J connectivity index is 1.27. The van der Waals surface area contributed by atoms with Crippen molar-refractivity contribution >= 4 is 23.3 Å². The molecule has 8 heteroatoms. The predicted octanol–water partition coefficient (Wildman–Crippen LogP) is 5.35. The Morgan fingerprint density at radius 1 is 0.861 bits per heavy atom. The zero-order chi connectivity index (χ0) is 25.2. The molecule has 188 valence electrons. The van der Waals surface area contributed by atoms with Gasteiger partial charge in [-0.15, -0.1) is 0 Å². The number of anilines is 2. The lowest BCUT2D eigenvalue weighted by Gasteiger charge is -2.15. The molecule has 4 rings (SSSR count). The molecule has 0 radical (unpaired) electrons. The van der Waals surface area contributed by atoms with Crippen molar-refractivity contribution < 1.29 is 19.1 Å². The molecular formula is C28H32N4O4. The molecule has 36 heavy (non-hydrogen) atoms. The van der Waals surface area contributed by atoms with Gasteiger partial charge in [0.2, 0.25) is 0 Å². The molecule has 1 saturated heterocycles. The third-order valence-electron chi connectivity index (χ3n) is 5.93. The van der Waals surface area contributed by atoms with E-state index in [1.165, 1.54) is 20.0 Å². The lowest BCUT2D eigenvalue weighted by molar-refractivity contribution is 0.0949. The maximum atomic E-state index is 12.6. The highest BCUT2D eigenvalue weighted by molar-refractivity contribution is 6.01. The third kappa shape index (κ3) is 7.23. The van der Waals surface area contributed by atoms with E-state index in [4.69, 9.17) is 9.47 Å². The summed E-state index contributed by atoms with van der Waals surface area (Å²) in [5.41, 5.74) is 1.56. The van der Waals surface area contributed by atoms with E-state index in [-0.39, 0.29) is 5.91 Å². The van der Waals surface area contributed by atoms with Gasteiger partial charge < -0.3 is 30.3 Å². The summed E-state index contributed by atoms with van der Waals surface area (Å²) in [6.07, 6.45) is 3.43. The van der Waals surface area contributed by atoms with E-state index in [9.17, 15) is 9.59 Å². The molecule has 0 bridgehead atoms. The fraction of sp³-hybridized carbons (Fsp3) is 0.286. The monoisotopic (exact) mass is 488 g/mol. The molecule has 3 aromatic carbocycles. The molecule has 3 aromatic rings. The van der Waals surface area contributed by atoms with Crippen LogP contribution in [0, 0.1) is 0 Å². The number of hydrogen-bond donors (Lipinski definition) is 3. The zero-order valence-corrected chi connectivity index (χ0v) is 20.5. The zero-order valence-electron chi connectivity index (χ0n) is 20.5. The topological polar surface area (TPSA) is 91.9 Å². The van der Waals surface area contributed by atoms with E-state index >= 15 is 0 Å². The van der Waals surface area contributed by atoms with E-state index < -0.39 is 6.03 Å². The Morgan fingerprint density at radius 2 is 1.53 bits per heavy atom. The summed E-state index contributed by atoms with van der Waals surface area (Å²) in [6, 6.07) is 21.1. The predicted molar refractivity (Wildman–Crippen MR) is 141 cm³/mol. The van der Waals surface area contributed by atoms with Gasteiger partial charge in [-0.3, -0.25) is 4.79 Å². The van der Waals surface area contributed by atoms with Gasteiger partial charge in [0.25, 0.3) is 5.91 Å². The van der Waals surface area contributed by atoms with Crippen LogP contribution in [0.5, 0.6) is 17.2 Å². The Bertz CT molecular complexity index is 1150. The number of rotatable bonds is 10.